The molecule has 44 heteroatoms. The molecule has 125 heavy (non-hydrogen) atoms. The minimum atomic E-state index is -4.47. The van der Waals surface area contributed by atoms with E-state index in [1.165, 1.54) is 57.9 Å². The number of aryl methyl sites for hydroxylation is 1. The van der Waals surface area contributed by atoms with E-state index >= 15 is 0 Å². The highest BCUT2D eigenvalue weighted by molar-refractivity contribution is 6.10. The van der Waals surface area contributed by atoms with E-state index in [1.807, 2.05) is 22.8 Å². The minimum absolute atomic E-state index is 0.0169. The van der Waals surface area contributed by atoms with Crippen molar-refractivity contribution in [1.29, 1.82) is 0 Å². The lowest BCUT2D eigenvalue weighted by Gasteiger charge is -2.35. The Bertz CT molecular complexity index is 5770. The van der Waals surface area contributed by atoms with Crippen molar-refractivity contribution in [2.24, 2.45) is 17.8 Å². The number of alkyl halides is 9. The summed E-state index contributed by atoms with van der Waals surface area (Å²) < 4.78 is 126. The van der Waals surface area contributed by atoms with Crippen LogP contribution >= 0.6 is 0 Å². The van der Waals surface area contributed by atoms with Gasteiger partial charge in [0.1, 0.15) is 34.9 Å². The Morgan fingerprint density at radius 1 is 0.488 bits per heavy atom. The van der Waals surface area contributed by atoms with Gasteiger partial charge in [0.05, 0.1) is 82.5 Å². The maximum atomic E-state index is 13.4. The van der Waals surface area contributed by atoms with Gasteiger partial charge in [-0.1, -0.05) is 20.8 Å². The van der Waals surface area contributed by atoms with Crippen LogP contribution < -0.4 is 65.8 Å². The Morgan fingerprint density at radius 3 is 1.36 bits per heavy atom. The maximum Gasteiger partial charge on any atom is 0.391 e. The smallest absolute Gasteiger partial charge is 0.391 e. The second kappa shape index (κ2) is 34.4. The van der Waals surface area contributed by atoms with Crippen molar-refractivity contribution in [3.05, 3.63) is 151 Å². The molecule has 7 atom stereocenters. The van der Waals surface area contributed by atoms with Gasteiger partial charge in [0.2, 0.25) is 0 Å². The molecule has 0 aromatic carbocycles. The van der Waals surface area contributed by atoms with Gasteiger partial charge in [-0.05, 0) is 130 Å². The fourth-order valence-electron chi connectivity index (χ4n) is 15.9. The van der Waals surface area contributed by atoms with Crippen LogP contribution in [-0.4, -0.2) is 209 Å². The average Bonchev–Trinajstić information content (AvgIpc) is 1.66. The lowest BCUT2D eigenvalue weighted by Crippen LogP contribution is -2.48. The first-order valence-electron chi connectivity index (χ1n) is 40.1. The van der Waals surface area contributed by atoms with Crippen LogP contribution in [0.3, 0.4) is 0 Å². The molecule has 0 radical (unpaired) electrons. The highest BCUT2D eigenvalue weighted by Crippen LogP contribution is 2.45. The standard InChI is InChI=1S/C22H22F3N7O2.C22H21N7O3.C19H19F3N6O2.C18H18F3N5O3/c1-11(22(23,24)25)9-17(33)15-5-6-16-20(27-15)32(13-7-8-31(16)10-13)21(34)28-19-14-4-3-12(2)26-18(14)29-30-19;30-21(25-14-1-2-14)16-3-4-17-20(26-16)29(15-6-8-28(17)11-15)22(31)27-19-9-13(5-7-24-19)18-10-23-12-32-18;1-11(19(20,21)22)9-15(29)13-4-5-14-17(24-13)28(12-6-8-27(14)10-12)18(30)25-16-3-2-7-23-26-16;1-10(18(19,20)21)8-14(27)12-2-3-13-15(23-12)26(11-4-6-25(13)9-11)17(28)24-16-22-5-7-29-16/h3-6,11,13H,7-10H2,1-2H3,(H2,26,28,29,30,34);3-5,7,9-10,12,14-15H,1-2,6,8,11H2,(H,25,30)(H,24,27,31);2-5,7,11-12H,6,8-10H2,1H3,(H,25,26,30);2-3,5,7,10-11H,4,6,8-9H2,1H3,(H,22,24,28)/t11-,13-;15-;11-,12-;10-,11-/m0000/s1. The van der Waals surface area contributed by atoms with Crippen LogP contribution in [0.2, 0.25) is 0 Å². The van der Waals surface area contributed by atoms with Gasteiger partial charge in [-0.2, -0.15) is 49.7 Å². The number of urea groups is 4. The molecule has 1 aliphatic carbocycles. The molecule has 19 rings (SSSR count). The second-order valence-corrected chi connectivity index (χ2v) is 31.5. The van der Waals surface area contributed by atoms with Gasteiger partial charge in [0, 0.05) is 101 Å². The first kappa shape index (κ1) is 84.6. The van der Waals surface area contributed by atoms with Gasteiger partial charge < -0.3 is 33.8 Å². The van der Waals surface area contributed by atoms with E-state index in [9.17, 15) is 77.9 Å². The van der Waals surface area contributed by atoms with E-state index in [2.05, 4.69) is 96.7 Å². The summed E-state index contributed by atoms with van der Waals surface area (Å²) in [6.07, 6.45) is -1.84. The molecule has 9 amide bonds. The number of nitrogens with one attached hydrogen (secondary N) is 6. The van der Waals surface area contributed by atoms with Crippen LogP contribution in [0.15, 0.2) is 131 Å². The number of carbonyl (C=O) groups is 8. The molecular weight excluding hydrogens is 1650 g/mol. The lowest BCUT2D eigenvalue weighted by molar-refractivity contribution is -0.169. The number of oxazole rings is 2. The van der Waals surface area contributed by atoms with Crippen molar-refractivity contribution in [3.63, 3.8) is 0 Å². The number of aromatic amines is 1. The molecule has 10 aromatic rings. The summed E-state index contributed by atoms with van der Waals surface area (Å²) in [5.74, 6) is -4.90. The van der Waals surface area contributed by atoms with Gasteiger partial charge in [0.15, 0.2) is 70.1 Å². The molecule has 6 N–H and O–H groups in total. The van der Waals surface area contributed by atoms with E-state index in [0.29, 0.717) is 116 Å². The van der Waals surface area contributed by atoms with E-state index < -0.39 is 91.0 Å². The number of rotatable bonds is 16. The fourth-order valence-corrected chi connectivity index (χ4v) is 15.9. The molecule has 18 heterocycles. The molecule has 9 aliphatic rings. The summed E-state index contributed by atoms with van der Waals surface area (Å²) in [5, 5.41) is 29.0. The molecule has 5 fully saturated rings. The topological polar surface area (TPSA) is 406 Å². The SMILES string of the molecule is C[C@@H](CC(=O)c1ccc2c(n1)N(C(=O)Nc1cccnn1)[C@H]1CCN2C1)C(F)(F)F.C[C@@H](CC(=O)c1ccc2c(n1)N(C(=O)Nc1ncco1)[C@H]1CCN2C1)C(F)(F)F.Cc1ccc2c(NC(=O)N3c4nc(C(=O)C[C@H](C)C(F)(F)F)ccc4N4CC[C@H]3C4)n[nH]c2n1.O=C(NC1CC1)c1ccc2c(n1)N(C(=O)Nc1cc(-c3cnco3)ccn1)[C@H]1CCN2C1. The number of ketones is 3. The highest BCUT2D eigenvalue weighted by atomic mass is 19.4. The molecule has 8 bridgehead atoms. The van der Waals surface area contributed by atoms with Crippen LogP contribution in [0.1, 0.15) is 126 Å². The summed E-state index contributed by atoms with van der Waals surface area (Å²) in [6.45, 7) is 10.2. The highest BCUT2D eigenvalue weighted by Gasteiger charge is 2.48. The lowest BCUT2D eigenvalue weighted by atomic mass is 10.0. The van der Waals surface area contributed by atoms with Crippen LogP contribution in [0.4, 0.5) is 128 Å². The van der Waals surface area contributed by atoms with E-state index in [0.717, 1.165) is 70.1 Å². The van der Waals surface area contributed by atoms with E-state index in [4.69, 9.17) is 8.83 Å². The Labute approximate surface area is 704 Å². The Morgan fingerprint density at radius 2 is 0.936 bits per heavy atom. The number of hydrogen-bond acceptors (Lipinski definition) is 25. The summed E-state index contributed by atoms with van der Waals surface area (Å²) >= 11 is 0. The molecular formula is C81H80F9N25O10. The third-order valence-electron chi connectivity index (χ3n) is 22.8. The maximum absolute atomic E-state index is 13.4. The number of pyridine rings is 6. The van der Waals surface area contributed by atoms with Crippen LogP contribution in [0.5, 0.6) is 0 Å². The zero-order valence-electron chi connectivity index (χ0n) is 67.2. The Hall–Kier alpha value is -14.0. The zero-order chi connectivity index (χ0) is 88.1. The second-order valence-electron chi connectivity index (χ2n) is 31.5. The number of H-pyrrole nitrogens is 1. The number of anilines is 12. The van der Waals surface area contributed by atoms with Gasteiger partial charge in [-0.3, -0.25) is 65.1 Å². The van der Waals surface area contributed by atoms with Gasteiger partial charge in [-0.25, -0.2) is 59.0 Å². The van der Waals surface area contributed by atoms with Crippen molar-refractivity contribution < 1.29 is 86.7 Å². The molecule has 8 aliphatic heterocycles. The first-order chi connectivity index (χ1) is 59.7. The molecule has 0 unspecified atom stereocenters. The van der Waals surface area contributed by atoms with Crippen LogP contribution in [0.25, 0.3) is 22.4 Å². The van der Waals surface area contributed by atoms with Crippen LogP contribution in [-0.2, 0) is 0 Å². The number of fused-ring (bicyclic) bond motifs is 17. The predicted molar refractivity (Wildman–Crippen MR) is 435 cm³/mol. The average molecular weight is 1730 g/mol. The summed E-state index contributed by atoms with van der Waals surface area (Å²) in [6, 6.07) is 21.0. The molecule has 4 saturated heterocycles. The quantitative estimate of drug-likeness (QED) is 0.0386. The van der Waals surface area contributed by atoms with Crippen molar-refractivity contribution in [2.75, 3.05) is 113 Å². The molecule has 10 aromatic heterocycles. The first-order valence-corrected chi connectivity index (χ1v) is 40.1. The summed E-state index contributed by atoms with van der Waals surface area (Å²) in [7, 11) is 0. The van der Waals surface area contributed by atoms with E-state index in [1.54, 1.807) is 78.0 Å². The van der Waals surface area contributed by atoms with E-state index in [-0.39, 0.29) is 88.5 Å². The Balaban J connectivity index is 0.000000123. The molecule has 1 saturated carbocycles. The van der Waals surface area contributed by atoms with Gasteiger partial charge in [0.25, 0.3) is 5.91 Å². The van der Waals surface area contributed by atoms with Crippen molar-refractivity contribution in [2.45, 2.75) is 134 Å². The molecule has 652 valence electrons. The minimum Gasteiger partial charge on any atom is -0.444 e. The molecule has 0 spiro atoms. The number of amides is 9. The molecule has 35 nitrogen and oxygen atoms in total. The van der Waals surface area contributed by atoms with Crippen molar-refractivity contribution >= 4 is 128 Å². The number of aromatic nitrogens is 12. The largest absolute Gasteiger partial charge is 0.444 e. The fraction of sp³-hybridized carbons (Fsp3) is 0.395. The zero-order valence-corrected chi connectivity index (χ0v) is 67.2. The Kier molecular flexibility index (Phi) is 23.3. The van der Waals surface area contributed by atoms with Crippen LogP contribution in [0, 0.1) is 24.7 Å². The van der Waals surface area contributed by atoms with Crippen molar-refractivity contribution in [3.8, 4) is 11.3 Å². The van der Waals surface area contributed by atoms with Gasteiger partial charge >= 0.3 is 48.7 Å². The normalized spacial score (nSPS) is 18.7. The summed E-state index contributed by atoms with van der Waals surface area (Å²) in [4.78, 5) is 151. The third-order valence-corrected chi connectivity index (χ3v) is 22.8. The van der Waals surface area contributed by atoms with Crippen molar-refractivity contribution in [1.82, 2.24) is 65.6 Å². The number of Topliss-reactive ketones (excluding diaryl/α,β-unsaturated/α-hetero) is 3. The summed E-state index contributed by atoms with van der Waals surface area (Å²) in [5.41, 5.74) is 4.96. The number of carbonyl (C=O) groups excluding carboxylic acids is 8. The number of nitrogens with zero attached hydrogens (tertiary/aromatic N) is 19. The third kappa shape index (κ3) is 18.3. The monoisotopic (exact) mass is 1730 g/mol. The van der Waals surface area contributed by atoms with Gasteiger partial charge in [-0.15, -0.1) is 5.10 Å². The predicted octanol–water partition coefficient (Wildman–Crippen LogP) is 13.5. The number of hydrogen-bond donors (Lipinski definition) is 6. The number of halogens is 9.